The third-order valence-electron chi connectivity index (χ3n) is 2.89. The number of hydrogen-bond acceptors (Lipinski definition) is 3. The van der Waals surface area contributed by atoms with E-state index < -0.39 is 17.8 Å². The first-order valence-corrected chi connectivity index (χ1v) is 5.85. The van der Waals surface area contributed by atoms with Gasteiger partial charge in [0.05, 0.1) is 18.7 Å². The Labute approximate surface area is 114 Å². The van der Waals surface area contributed by atoms with E-state index in [1.165, 1.54) is 25.4 Å². The molecule has 0 bridgehead atoms. The van der Waals surface area contributed by atoms with Crippen LogP contribution in [0.1, 0.15) is 22.9 Å². The fraction of sp³-hybridized carbons (Fsp3) is 0.214. The summed E-state index contributed by atoms with van der Waals surface area (Å²) in [4.78, 5) is 4.09. The Morgan fingerprint density at radius 3 is 2.60 bits per heavy atom. The highest BCUT2D eigenvalue weighted by atomic mass is 19.4. The van der Waals surface area contributed by atoms with E-state index in [4.69, 9.17) is 10.5 Å². The smallest absolute Gasteiger partial charge is 0.416 e. The first-order chi connectivity index (χ1) is 9.43. The second kappa shape index (κ2) is 5.50. The third kappa shape index (κ3) is 2.91. The second-order valence-electron chi connectivity index (χ2n) is 4.19. The molecule has 1 aromatic heterocycles. The number of methoxy groups -OCH3 is 1. The van der Waals surface area contributed by atoms with Gasteiger partial charge < -0.3 is 10.5 Å². The molecular formula is C14H13F3N2O. The maximum Gasteiger partial charge on any atom is 0.416 e. The Balaban J connectivity index is 2.41. The summed E-state index contributed by atoms with van der Waals surface area (Å²) >= 11 is 0. The van der Waals surface area contributed by atoms with Gasteiger partial charge in [-0.1, -0.05) is 12.1 Å². The van der Waals surface area contributed by atoms with Gasteiger partial charge >= 0.3 is 6.18 Å². The van der Waals surface area contributed by atoms with E-state index in [1.54, 1.807) is 12.1 Å². The average molecular weight is 282 g/mol. The summed E-state index contributed by atoms with van der Waals surface area (Å²) < 4.78 is 43.2. The number of hydrogen-bond donors (Lipinski definition) is 1. The van der Waals surface area contributed by atoms with E-state index in [2.05, 4.69) is 4.98 Å². The van der Waals surface area contributed by atoms with Crippen molar-refractivity contribution in [1.82, 2.24) is 4.98 Å². The first kappa shape index (κ1) is 14.3. The van der Waals surface area contributed by atoms with Gasteiger partial charge in [-0.05, 0) is 29.8 Å². The maximum absolute atomic E-state index is 12.7. The Kier molecular flexibility index (Phi) is 3.94. The number of benzene rings is 1. The predicted octanol–water partition coefficient (Wildman–Crippen LogP) is 3.16. The topological polar surface area (TPSA) is 48.1 Å². The second-order valence-corrected chi connectivity index (χ2v) is 4.19. The van der Waals surface area contributed by atoms with Gasteiger partial charge in [0.1, 0.15) is 11.4 Å². The maximum atomic E-state index is 12.7. The van der Waals surface area contributed by atoms with Gasteiger partial charge in [0.15, 0.2) is 0 Å². The van der Waals surface area contributed by atoms with Crippen molar-refractivity contribution in [3.63, 3.8) is 0 Å². The van der Waals surface area contributed by atoms with E-state index in [1.807, 2.05) is 0 Å². The number of nitrogens with zero attached hydrogens (tertiary/aromatic N) is 1. The third-order valence-corrected chi connectivity index (χ3v) is 2.89. The van der Waals surface area contributed by atoms with Crippen molar-refractivity contribution in [2.45, 2.75) is 12.2 Å². The molecule has 2 aromatic rings. The molecule has 0 amide bonds. The van der Waals surface area contributed by atoms with Crippen LogP contribution in [0, 0.1) is 0 Å². The summed E-state index contributed by atoms with van der Waals surface area (Å²) in [5.41, 5.74) is 5.99. The number of aromatic nitrogens is 1. The van der Waals surface area contributed by atoms with E-state index in [0.717, 1.165) is 12.1 Å². The van der Waals surface area contributed by atoms with Crippen molar-refractivity contribution in [3.8, 4) is 5.75 Å². The van der Waals surface area contributed by atoms with E-state index in [0.29, 0.717) is 17.0 Å². The van der Waals surface area contributed by atoms with Crippen LogP contribution < -0.4 is 10.5 Å². The molecule has 0 aliphatic carbocycles. The zero-order valence-corrected chi connectivity index (χ0v) is 10.7. The fourth-order valence-electron chi connectivity index (χ4n) is 1.88. The molecular weight excluding hydrogens is 269 g/mol. The molecule has 0 saturated carbocycles. The largest absolute Gasteiger partial charge is 0.495 e. The van der Waals surface area contributed by atoms with Gasteiger partial charge in [-0.15, -0.1) is 0 Å². The summed E-state index contributed by atoms with van der Waals surface area (Å²) in [7, 11) is 1.46. The molecule has 20 heavy (non-hydrogen) atoms. The van der Waals surface area contributed by atoms with Gasteiger partial charge in [0.25, 0.3) is 0 Å². The van der Waals surface area contributed by atoms with Crippen LogP contribution in [0.15, 0.2) is 42.6 Å². The molecule has 1 aromatic carbocycles. The van der Waals surface area contributed by atoms with E-state index in [9.17, 15) is 13.2 Å². The normalized spacial score (nSPS) is 13.1. The van der Waals surface area contributed by atoms with Crippen LogP contribution in [-0.4, -0.2) is 12.1 Å². The molecule has 1 unspecified atom stereocenters. The lowest BCUT2D eigenvalue weighted by Crippen LogP contribution is -2.16. The number of rotatable bonds is 3. The van der Waals surface area contributed by atoms with Crippen molar-refractivity contribution in [2.75, 3.05) is 7.11 Å². The minimum Gasteiger partial charge on any atom is -0.495 e. The zero-order valence-electron chi connectivity index (χ0n) is 10.7. The minimum atomic E-state index is -4.40. The number of ether oxygens (including phenoxy) is 1. The molecule has 6 heteroatoms. The Morgan fingerprint density at radius 1 is 1.20 bits per heavy atom. The van der Waals surface area contributed by atoms with Crippen LogP contribution in [-0.2, 0) is 6.18 Å². The van der Waals surface area contributed by atoms with Crippen LogP contribution in [0.5, 0.6) is 5.75 Å². The number of nitrogens with two attached hydrogens (primary N) is 1. The summed E-state index contributed by atoms with van der Waals surface area (Å²) in [6.07, 6.45) is -2.88. The summed E-state index contributed by atoms with van der Waals surface area (Å²) in [6.45, 7) is 0. The molecule has 2 rings (SSSR count). The number of halogens is 3. The van der Waals surface area contributed by atoms with Crippen LogP contribution in [0.2, 0.25) is 0 Å². The van der Waals surface area contributed by atoms with E-state index >= 15 is 0 Å². The van der Waals surface area contributed by atoms with Crippen molar-refractivity contribution in [2.24, 2.45) is 5.73 Å². The lowest BCUT2D eigenvalue weighted by Gasteiger charge is -2.16. The standard InChI is InChI=1S/C14H13F3N2O/c1-20-11-6-3-7-19-13(11)12(18)9-4-2-5-10(8-9)14(15,16)17/h2-8,12H,18H2,1H3. The van der Waals surface area contributed by atoms with Crippen LogP contribution in [0.25, 0.3) is 0 Å². The Morgan fingerprint density at radius 2 is 1.95 bits per heavy atom. The molecule has 2 N–H and O–H groups in total. The molecule has 0 spiro atoms. The highest BCUT2D eigenvalue weighted by Crippen LogP contribution is 2.32. The van der Waals surface area contributed by atoms with Crippen molar-refractivity contribution in [1.29, 1.82) is 0 Å². The summed E-state index contributed by atoms with van der Waals surface area (Å²) in [5.74, 6) is 0.442. The lowest BCUT2D eigenvalue weighted by molar-refractivity contribution is -0.137. The lowest BCUT2D eigenvalue weighted by atomic mass is 10.0. The summed E-state index contributed by atoms with van der Waals surface area (Å²) in [6, 6.07) is 7.44. The molecule has 1 atom stereocenters. The monoisotopic (exact) mass is 282 g/mol. The van der Waals surface area contributed by atoms with Gasteiger partial charge in [-0.2, -0.15) is 13.2 Å². The molecule has 0 fully saturated rings. The highest BCUT2D eigenvalue weighted by molar-refractivity contribution is 5.38. The highest BCUT2D eigenvalue weighted by Gasteiger charge is 2.31. The first-order valence-electron chi connectivity index (χ1n) is 5.85. The molecule has 1 heterocycles. The Bertz CT molecular complexity index is 599. The van der Waals surface area contributed by atoms with E-state index in [-0.39, 0.29) is 0 Å². The minimum absolute atomic E-state index is 0.330. The molecule has 0 aliphatic heterocycles. The van der Waals surface area contributed by atoms with Gasteiger partial charge in [0, 0.05) is 6.20 Å². The molecule has 106 valence electrons. The molecule has 0 saturated heterocycles. The SMILES string of the molecule is COc1cccnc1C(N)c1cccc(C(F)(F)F)c1. The predicted molar refractivity (Wildman–Crippen MR) is 68.3 cm³/mol. The number of alkyl halides is 3. The Hall–Kier alpha value is -2.08. The molecule has 0 aliphatic rings. The molecule has 0 radical (unpaired) electrons. The van der Waals surface area contributed by atoms with Crippen molar-refractivity contribution >= 4 is 0 Å². The number of pyridine rings is 1. The van der Waals surface area contributed by atoms with Crippen LogP contribution >= 0.6 is 0 Å². The van der Waals surface area contributed by atoms with Gasteiger partial charge in [0.2, 0.25) is 0 Å². The average Bonchev–Trinajstić information content (AvgIpc) is 2.45. The molecule has 3 nitrogen and oxygen atoms in total. The zero-order chi connectivity index (χ0) is 14.8. The fourth-order valence-corrected chi connectivity index (χ4v) is 1.88. The van der Waals surface area contributed by atoms with Crippen LogP contribution in [0.3, 0.4) is 0 Å². The van der Waals surface area contributed by atoms with Crippen LogP contribution in [0.4, 0.5) is 13.2 Å². The quantitative estimate of drug-likeness (QED) is 0.940. The van der Waals surface area contributed by atoms with Gasteiger partial charge in [-0.25, -0.2) is 0 Å². The van der Waals surface area contributed by atoms with Crippen molar-refractivity contribution < 1.29 is 17.9 Å². The summed E-state index contributed by atoms with van der Waals surface area (Å²) in [5, 5.41) is 0. The van der Waals surface area contributed by atoms with Gasteiger partial charge in [-0.3, -0.25) is 4.98 Å². The van der Waals surface area contributed by atoms with Crippen molar-refractivity contribution in [3.05, 3.63) is 59.4 Å².